The summed E-state index contributed by atoms with van der Waals surface area (Å²) in [5, 5.41) is 0. The quantitative estimate of drug-likeness (QED) is 0.493. The minimum atomic E-state index is 0.703. The highest BCUT2D eigenvalue weighted by atomic mass is 14.2. The van der Waals surface area contributed by atoms with Crippen LogP contribution in [0, 0.1) is 5.92 Å². The van der Waals surface area contributed by atoms with Gasteiger partial charge in [0.2, 0.25) is 0 Å². The summed E-state index contributed by atoms with van der Waals surface area (Å²) in [5.41, 5.74) is 10.7. The van der Waals surface area contributed by atoms with Crippen molar-refractivity contribution in [3.05, 3.63) is 71.5 Å². The van der Waals surface area contributed by atoms with Crippen molar-refractivity contribution in [2.45, 2.75) is 58.8 Å². The first-order valence-electron chi connectivity index (χ1n) is 9.92. The van der Waals surface area contributed by atoms with Gasteiger partial charge in [-0.05, 0) is 60.3 Å². The number of allylic oxidation sites excluding steroid dienone is 1. The van der Waals surface area contributed by atoms with Crippen LogP contribution in [-0.2, 0) is 0 Å². The molecule has 3 rings (SSSR count). The summed E-state index contributed by atoms with van der Waals surface area (Å²) in [4.78, 5) is 0. The smallest absolute Gasteiger partial charge is 0.00117 e. The predicted molar refractivity (Wildman–Crippen MR) is 109 cm³/mol. The SMILES string of the molecule is CCCCC(=C=C1CCCCC1C)c1ccc(-c2ccccc2)cc1. The van der Waals surface area contributed by atoms with Crippen LogP contribution in [0.5, 0.6) is 0 Å². The largest absolute Gasteiger partial charge is 0.117 e. The number of rotatable bonds is 5. The molecule has 0 heterocycles. The van der Waals surface area contributed by atoms with Gasteiger partial charge in [0.15, 0.2) is 0 Å². The van der Waals surface area contributed by atoms with Crippen LogP contribution < -0.4 is 0 Å². The molecule has 2 aromatic carbocycles. The third-order valence-electron chi connectivity index (χ3n) is 5.36. The molecule has 1 atom stereocenters. The second-order valence-electron chi connectivity index (χ2n) is 7.32. The molecular weight excluding hydrogens is 300 g/mol. The molecule has 0 nitrogen and oxygen atoms in total. The Bertz CT molecular complexity index is 727. The molecule has 1 aliphatic rings. The van der Waals surface area contributed by atoms with Crippen molar-refractivity contribution in [2.24, 2.45) is 5.92 Å². The molecule has 0 N–H and O–H groups in total. The summed E-state index contributed by atoms with van der Waals surface area (Å²) in [6.07, 6.45) is 8.89. The Hall–Kier alpha value is -2.04. The molecule has 0 radical (unpaired) electrons. The van der Waals surface area contributed by atoms with Crippen molar-refractivity contribution in [3.63, 3.8) is 0 Å². The fourth-order valence-electron chi connectivity index (χ4n) is 3.69. The molecule has 130 valence electrons. The summed E-state index contributed by atoms with van der Waals surface area (Å²) < 4.78 is 0. The molecule has 0 bridgehead atoms. The second kappa shape index (κ2) is 8.88. The number of hydrogen-bond acceptors (Lipinski definition) is 0. The van der Waals surface area contributed by atoms with E-state index in [1.165, 1.54) is 60.8 Å². The molecule has 0 aliphatic heterocycles. The van der Waals surface area contributed by atoms with Crippen molar-refractivity contribution in [2.75, 3.05) is 0 Å². The van der Waals surface area contributed by atoms with Crippen LogP contribution in [0.1, 0.15) is 64.4 Å². The van der Waals surface area contributed by atoms with E-state index in [2.05, 4.69) is 74.2 Å². The van der Waals surface area contributed by atoms with E-state index in [0.717, 1.165) is 6.42 Å². The Morgan fingerprint density at radius 3 is 2.36 bits per heavy atom. The van der Waals surface area contributed by atoms with Crippen LogP contribution in [0.15, 0.2) is 65.9 Å². The van der Waals surface area contributed by atoms with Gasteiger partial charge in [0.25, 0.3) is 0 Å². The van der Waals surface area contributed by atoms with Crippen LogP contribution in [0.3, 0.4) is 0 Å². The van der Waals surface area contributed by atoms with Crippen molar-refractivity contribution in [1.82, 2.24) is 0 Å². The van der Waals surface area contributed by atoms with E-state index < -0.39 is 0 Å². The molecule has 0 spiro atoms. The van der Waals surface area contributed by atoms with Crippen LogP contribution in [0.4, 0.5) is 0 Å². The zero-order valence-electron chi connectivity index (χ0n) is 15.7. The fraction of sp³-hybridized carbons (Fsp3) is 0.400. The number of hydrogen-bond donors (Lipinski definition) is 0. The maximum Gasteiger partial charge on any atom is 0.00117 e. The summed E-state index contributed by atoms with van der Waals surface area (Å²) in [6, 6.07) is 19.7. The monoisotopic (exact) mass is 330 g/mol. The first-order chi connectivity index (χ1) is 12.3. The average molecular weight is 331 g/mol. The molecule has 0 amide bonds. The van der Waals surface area contributed by atoms with Crippen molar-refractivity contribution < 1.29 is 0 Å². The molecular formula is C25H30. The Morgan fingerprint density at radius 1 is 0.960 bits per heavy atom. The lowest BCUT2D eigenvalue weighted by Gasteiger charge is -2.20. The van der Waals surface area contributed by atoms with Crippen LogP contribution in [-0.4, -0.2) is 0 Å². The van der Waals surface area contributed by atoms with Gasteiger partial charge < -0.3 is 0 Å². The number of unbranched alkanes of at least 4 members (excludes halogenated alkanes) is 1. The third kappa shape index (κ3) is 4.74. The molecule has 0 aromatic heterocycles. The van der Waals surface area contributed by atoms with Gasteiger partial charge in [0.1, 0.15) is 0 Å². The van der Waals surface area contributed by atoms with Gasteiger partial charge in [0, 0.05) is 5.57 Å². The lowest BCUT2D eigenvalue weighted by atomic mass is 9.85. The Labute approximate surface area is 153 Å². The average Bonchev–Trinajstić information content (AvgIpc) is 2.67. The van der Waals surface area contributed by atoms with Crippen LogP contribution in [0.2, 0.25) is 0 Å². The van der Waals surface area contributed by atoms with E-state index in [4.69, 9.17) is 0 Å². The number of benzene rings is 2. The Balaban J connectivity index is 1.92. The van der Waals surface area contributed by atoms with Gasteiger partial charge in [-0.2, -0.15) is 0 Å². The van der Waals surface area contributed by atoms with Gasteiger partial charge in [-0.25, -0.2) is 0 Å². The van der Waals surface area contributed by atoms with Gasteiger partial charge in [-0.1, -0.05) is 81.3 Å². The summed E-state index contributed by atoms with van der Waals surface area (Å²) in [5.74, 6) is 0.703. The lowest BCUT2D eigenvalue weighted by molar-refractivity contribution is 0.485. The zero-order valence-corrected chi connectivity index (χ0v) is 15.7. The lowest BCUT2D eigenvalue weighted by Crippen LogP contribution is -2.05. The van der Waals surface area contributed by atoms with E-state index in [0.29, 0.717) is 5.92 Å². The summed E-state index contributed by atoms with van der Waals surface area (Å²) >= 11 is 0. The second-order valence-corrected chi connectivity index (χ2v) is 7.32. The maximum atomic E-state index is 3.85. The first-order valence-corrected chi connectivity index (χ1v) is 9.92. The highest BCUT2D eigenvalue weighted by Crippen LogP contribution is 2.31. The summed E-state index contributed by atoms with van der Waals surface area (Å²) in [6.45, 7) is 4.64. The molecule has 2 aromatic rings. The third-order valence-corrected chi connectivity index (χ3v) is 5.36. The minimum Gasteiger partial charge on any atom is -0.117 e. The predicted octanol–water partition coefficient (Wildman–Crippen LogP) is 7.66. The molecule has 1 aliphatic carbocycles. The Morgan fingerprint density at radius 2 is 1.68 bits per heavy atom. The maximum absolute atomic E-state index is 3.85. The standard InChI is InChI=1S/C25H30/c1-3-4-11-25(19-24-14-9-8-10-20(24)2)23-17-15-22(16-18-23)21-12-6-5-7-13-21/h5-7,12-13,15-18,20H,3-4,8-11,14H2,1-2H3. The highest BCUT2D eigenvalue weighted by molar-refractivity contribution is 5.70. The van der Waals surface area contributed by atoms with E-state index in [1.54, 1.807) is 5.57 Å². The molecule has 1 unspecified atom stereocenters. The van der Waals surface area contributed by atoms with Gasteiger partial charge in [-0.3, -0.25) is 0 Å². The van der Waals surface area contributed by atoms with Crippen LogP contribution in [0.25, 0.3) is 16.7 Å². The summed E-state index contributed by atoms with van der Waals surface area (Å²) in [7, 11) is 0. The molecule has 25 heavy (non-hydrogen) atoms. The minimum absolute atomic E-state index is 0.703. The van der Waals surface area contributed by atoms with E-state index in [-0.39, 0.29) is 0 Å². The Kier molecular flexibility index (Phi) is 6.31. The molecule has 0 heteroatoms. The zero-order chi connectivity index (χ0) is 17.5. The normalized spacial score (nSPS) is 17.2. The topological polar surface area (TPSA) is 0 Å². The highest BCUT2D eigenvalue weighted by Gasteiger charge is 2.14. The van der Waals surface area contributed by atoms with Gasteiger partial charge >= 0.3 is 0 Å². The van der Waals surface area contributed by atoms with E-state index in [1.807, 2.05) is 0 Å². The van der Waals surface area contributed by atoms with Crippen molar-refractivity contribution >= 4 is 5.57 Å². The van der Waals surface area contributed by atoms with Crippen molar-refractivity contribution in [3.8, 4) is 11.1 Å². The molecule has 0 saturated heterocycles. The van der Waals surface area contributed by atoms with E-state index in [9.17, 15) is 0 Å². The first kappa shape index (κ1) is 17.8. The van der Waals surface area contributed by atoms with Crippen LogP contribution >= 0.6 is 0 Å². The van der Waals surface area contributed by atoms with Gasteiger partial charge in [-0.15, -0.1) is 5.73 Å². The molecule has 1 fully saturated rings. The van der Waals surface area contributed by atoms with Crippen molar-refractivity contribution in [1.29, 1.82) is 0 Å². The fourth-order valence-corrected chi connectivity index (χ4v) is 3.69. The van der Waals surface area contributed by atoms with E-state index >= 15 is 0 Å². The van der Waals surface area contributed by atoms with Gasteiger partial charge in [0.05, 0.1) is 0 Å². The molecule has 1 saturated carbocycles.